The Kier molecular flexibility index (Phi) is 14.7. The largest absolute Gasteiger partial charge is 0 e. The predicted octanol–water partition coefficient (Wildman–Crippen LogP) is 5.04. The fourth-order valence-corrected chi connectivity index (χ4v) is 4.26. The van der Waals surface area contributed by atoms with Gasteiger partial charge in [0.1, 0.15) is 0 Å². The second-order valence-corrected chi connectivity index (χ2v) is 7.42. The first-order valence-electron chi connectivity index (χ1n) is 10.5. The SMILES string of the molecule is CCC[N+]1(C)C([O-])=C(c2ccccc2)C(c2ccccc2)=C1c1ccccc1.[C-]#[O+].[C-]#[O+].[C-]#[O+].[Cr]. The molecule has 3 aromatic rings. The number of benzene rings is 3. The van der Waals surface area contributed by atoms with Crippen molar-refractivity contribution in [3.05, 3.63) is 134 Å². The molecular formula is C29H25CrNO4. The third-order valence-corrected chi connectivity index (χ3v) is 5.49. The van der Waals surface area contributed by atoms with E-state index in [2.05, 4.69) is 58.2 Å². The van der Waals surface area contributed by atoms with Crippen LogP contribution in [0.3, 0.4) is 0 Å². The van der Waals surface area contributed by atoms with E-state index in [9.17, 15) is 5.11 Å². The van der Waals surface area contributed by atoms with Crippen LogP contribution in [0.5, 0.6) is 0 Å². The predicted molar refractivity (Wildman–Crippen MR) is 126 cm³/mol. The molecule has 0 aliphatic carbocycles. The van der Waals surface area contributed by atoms with Gasteiger partial charge in [-0.05, 0) is 29.7 Å². The molecular weight excluding hydrogens is 478 g/mol. The van der Waals surface area contributed by atoms with Crippen molar-refractivity contribution in [1.82, 2.24) is 0 Å². The van der Waals surface area contributed by atoms with E-state index in [4.69, 9.17) is 14.0 Å². The molecule has 0 radical (unpaired) electrons. The molecule has 1 atom stereocenters. The van der Waals surface area contributed by atoms with Gasteiger partial charge in [0.2, 0.25) is 0 Å². The molecule has 1 heterocycles. The molecule has 0 spiro atoms. The maximum Gasteiger partial charge on any atom is 0 e. The number of hydrogen-bond donors (Lipinski definition) is 0. The van der Waals surface area contributed by atoms with Gasteiger partial charge in [0.25, 0.3) is 0 Å². The van der Waals surface area contributed by atoms with E-state index in [1.165, 1.54) is 0 Å². The standard InChI is InChI=1S/C26H25NO.3CO.Cr/c1-3-19-27(2)25(22-17-11-6-12-18-22)23(20-13-7-4-8-14-20)24(26(27)28)21-15-9-5-10-16-21;3*1-2;/h4-18H,3,19H2,1-2H3;;;;. The van der Waals surface area contributed by atoms with E-state index in [0.717, 1.165) is 46.5 Å². The second kappa shape index (κ2) is 16.3. The minimum atomic E-state index is 0. The minimum Gasteiger partial charge on any atom is 0 e. The van der Waals surface area contributed by atoms with Gasteiger partial charge < -0.3 is 5.11 Å². The van der Waals surface area contributed by atoms with E-state index in [-0.39, 0.29) is 23.2 Å². The van der Waals surface area contributed by atoms with E-state index in [1.807, 2.05) is 66.7 Å². The van der Waals surface area contributed by atoms with E-state index >= 15 is 0 Å². The average molecular weight is 504 g/mol. The Balaban J connectivity index is 0.00000154. The third-order valence-electron chi connectivity index (χ3n) is 5.49. The Bertz CT molecular complexity index is 1150. The van der Waals surface area contributed by atoms with Gasteiger partial charge >= 0.3 is 33.9 Å². The Morgan fingerprint density at radius 1 is 0.629 bits per heavy atom. The molecule has 176 valence electrons. The topological polar surface area (TPSA) is 82.8 Å². The summed E-state index contributed by atoms with van der Waals surface area (Å²) in [7, 11) is 2.06. The molecule has 1 aliphatic rings. The molecule has 0 amide bonds. The van der Waals surface area contributed by atoms with Crippen molar-refractivity contribution in [2.45, 2.75) is 13.3 Å². The fraction of sp³-hybridized carbons (Fsp3) is 0.138. The normalized spacial score (nSPS) is 15.7. The molecule has 0 bridgehead atoms. The molecule has 1 unspecified atom stereocenters. The molecule has 6 heteroatoms. The first kappa shape index (κ1) is 31.7. The van der Waals surface area contributed by atoms with Crippen LogP contribution in [0.2, 0.25) is 0 Å². The van der Waals surface area contributed by atoms with Crippen LogP contribution in [0.15, 0.2) is 96.9 Å². The summed E-state index contributed by atoms with van der Waals surface area (Å²) in [5, 5.41) is 13.9. The van der Waals surface area contributed by atoms with Crippen molar-refractivity contribution >= 4 is 16.8 Å². The summed E-state index contributed by atoms with van der Waals surface area (Å²) in [5.41, 5.74) is 6.15. The third kappa shape index (κ3) is 6.84. The van der Waals surface area contributed by atoms with Crippen molar-refractivity contribution in [1.29, 1.82) is 0 Å². The van der Waals surface area contributed by atoms with Crippen LogP contribution in [0.1, 0.15) is 30.0 Å². The minimum absolute atomic E-state index is 0. The molecule has 5 nitrogen and oxygen atoms in total. The van der Waals surface area contributed by atoms with Gasteiger partial charge in [0.15, 0.2) is 5.70 Å². The summed E-state index contributed by atoms with van der Waals surface area (Å²) in [6.07, 6.45) is 0.933. The van der Waals surface area contributed by atoms with Crippen LogP contribution >= 0.6 is 0 Å². The molecule has 4 rings (SSSR count). The number of hydrogen-bond acceptors (Lipinski definition) is 1. The van der Waals surface area contributed by atoms with Crippen molar-refractivity contribution in [2.24, 2.45) is 0 Å². The molecule has 0 N–H and O–H groups in total. The smallest absolute Gasteiger partial charge is 0 e. The van der Waals surface area contributed by atoms with Gasteiger partial charge in [-0.1, -0.05) is 85.8 Å². The van der Waals surface area contributed by atoms with Gasteiger partial charge in [-0.3, -0.25) is 4.48 Å². The zero-order valence-corrected chi connectivity index (χ0v) is 20.8. The van der Waals surface area contributed by atoms with Crippen LogP contribution in [-0.2, 0) is 31.3 Å². The van der Waals surface area contributed by atoms with Crippen LogP contribution in [0, 0.1) is 20.0 Å². The summed E-state index contributed by atoms with van der Waals surface area (Å²) in [5.74, 6) is 0.172. The van der Waals surface area contributed by atoms with E-state index < -0.39 is 0 Å². The van der Waals surface area contributed by atoms with E-state index in [0.29, 0.717) is 4.48 Å². The van der Waals surface area contributed by atoms with Crippen LogP contribution in [0.4, 0.5) is 0 Å². The number of rotatable bonds is 5. The number of nitrogens with zero attached hydrogens (tertiary/aromatic N) is 1. The average Bonchev–Trinajstić information content (AvgIpc) is 3.16. The summed E-state index contributed by atoms with van der Waals surface area (Å²) < 4.78 is 22.8. The van der Waals surface area contributed by atoms with Gasteiger partial charge in [-0.2, -0.15) is 0 Å². The number of quaternary nitrogens is 1. The maximum atomic E-state index is 13.9. The van der Waals surface area contributed by atoms with Crippen molar-refractivity contribution in [3.8, 4) is 0 Å². The summed E-state index contributed by atoms with van der Waals surface area (Å²) in [6, 6.07) is 30.8. The first-order chi connectivity index (χ1) is 16.7. The summed E-state index contributed by atoms with van der Waals surface area (Å²) >= 11 is 0. The fourth-order valence-electron chi connectivity index (χ4n) is 4.26. The second-order valence-electron chi connectivity index (χ2n) is 7.42. The number of allylic oxidation sites excluding steroid dienone is 2. The zero-order valence-electron chi connectivity index (χ0n) is 19.6. The van der Waals surface area contributed by atoms with Crippen molar-refractivity contribution in [3.63, 3.8) is 0 Å². The molecule has 0 saturated heterocycles. The van der Waals surface area contributed by atoms with Gasteiger partial charge in [-0.25, -0.2) is 0 Å². The zero-order chi connectivity index (χ0) is 25.6. The van der Waals surface area contributed by atoms with Crippen molar-refractivity contribution < 1.29 is 40.9 Å². The molecule has 0 saturated carbocycles. The molecule has 0 fully saturated rings. The Hall–Kier alpha value is -3.35. The van der Waals surface area contributed by atoms with Gasteiger partial charge in [0.05, 0.1) is 25.0 Å². The maximum absolute atomic E-state index is 13.9. The van der Waals surface area contributed by atoms with Crippen LogP contribution in [0.25, 0.3) is 16.8 Å². The monoisotopic (exact) mass is 503 g/mol. The molecule has 3 aromatic carbocycles. The summed E-state index contributed by atoms with van der Waals surface area (Å²) in [6.45, 7) is 16.4. The molecule has 0 aromatic heterocycles. The van der Waals surface area contributed by atoms with Gasteiger partial charge in [0, 0.05) is 28.5 Å². The quantitative estimate of drug-likeness (QED) is 0.273. The van der Waals surface area contributed by atoms with Crippen LogP contribution in [-0.4, -0.2) is 18.1 Å². The van der Waals surface area contributed by atoms with E-state index in [1.54, 1.807) is 0 Å². The Morgan fingerprint density at radius 3 is 1.34 bits per heavy atom. The summed E-state index contributed by atoms with van der Waals surface area (Å²) in [4.78, 5) is 0. The Labute approximate surface area is 217 Å². The van der Waals surface area contributed by atoms with Crippen LogP contribution < -0.4 is 5.11 Å². The first-order valence-corrected chi connectivity index (χ1v) is 10.5. The van der Waals surface area contributed by atoms with Crippen molar-refractivity contribution in [2.75, 3.05) is 13.6 Å². The molecule has 1 aliphatic heterocycles. The molecule has 35 heavy (non-hydrogen) atoms. The van der Waals surface area contributed by atoms with Gasteiger partial charge in [-0.15, -0.1) is 0 Å². The Morgan fingerprint density at radius 2 is 0.971 bits per heavy atom.